The van der Waals surface area contributed by atoms with Crippen LogP contribution in [0, 0.1) is 0 Å². The zero-order valence-electron chi connectivity index (χ0n) is 8.45. The van der Waals surface area contributed by atoms with Gasteiger partial charge in [0.2, 0.25) is 0 Å². The lowest BCUT2D eigenvalue weighted by atomic mass is 10.3. The summed E-state index contributed by atoms with van der Waals surface area (Å²) in [5.41, 5.74) is 3.39. The Hall–Kier alpha value is -1.55. The minimum absolute atomic E-state index is 0.0779. The molecule has 1 N–H and O–H groups in total. The summed E-state index contributed by atoms with van der Waals surface area (Å²) in [6.45, 7) is 1.35. The van der Waals surface area contributed by atoms with Crippen LogP contribution in [-0.2, 0) is 4.79 Å². The van der Waals surface area contributed by atoms with Gasteiger partial charge in [-0.15, -0.1) is 0 Å². The zero-order valence-corrected chi connectivity index (χ0v) is 9.21. The first-order valence-electron chi connectivity index (χ1n) is 4.27. The highest BCUT2D eigenvalue weighted by molar-refractivity contribution is 6.82. The smallest absolute Gasteiger partial charge is 0.191 e. The largest absolute Gasteiger partial charge is 0.497 e. The van der Waals surface area contributed by atoms with Crippen LogP contribution in [0.1, 0.15) is 6.92 Å². The Morgan fingerprint density at radius 2 is 2.00 bits per heavy atom. The van der Waals surface area contributed by atoms with Crippen LogP contribution in [0.4, 0.5) is 5.69 Å². The number of anilines is 1. The number of carbonyl (C=O) groups excluding carboxylic acids is 1. The topological polar surface area (TPSA) is 50.7 Å². The Morgan fingerprint density at radius 1 is 1.40 bits per heavy atom. The van der Waals surface area contributed by atoms with E-state index >= 15 is 0 Å². The standard InChI is InChI=1S/C10H11ClN2O2/c1-7(14)10(11)13-12-8-3-5-9(15-2)6-4-8/h3-6,12H,1-2H3/b13-10-. The van der Waals surface area contributed by atoms with Crippen molar-refractivity contribution in [2.24, 2.45) is 5.10 Å². The summed E-state index contributed by atoms with van der Waals surface area (Å²) in [6.07, 6.45) is 0. The molecule has 0 aromatic heterocycles. The number of hydrogen-bond donors (Lipinski definition) is 1. The van der Waals surface area contributed by atoms with E-state index in [1.54, 1.807) is 31.4 Å². The van der Waals surface area contributed by atoms with Gasteiger partial charge in [-0.25, -0.2) is 0 Å². The molecule has 0 aliphatic rings. The fraction of sp³-hybridized carbons (Fsp3) is 0.200. The van der Waals surface area contributed by atoms with Gasteiger partial charge in [0.15, 0.2) is 11.0 Å². The average molecular weight is 227 g/mol. The van der Waals surface area contributed by atoms with Gasteiger partial charge in [0, 0.05) is 6.92 Å². The van der Waals surface area contributed by atoms with Gasteiger partial charge in [-0.1, -0.05) is 11.6 Å². The third kappa shape index (κ3) is 3.59. The van der Waals surface area contributed by atoms with Gasteiger partial charge >= 0.3 is 0 Å². The lowest BCUT2D eigenvalue weighted by Gasteiger charge is -2.02. The lowest BCUT2D eigenvalue weighted by Crippen LogP contribution is -2.04. The van der Waals surface area contributed by atoms with Crippen LogP contribution in [0.15, 0.2) is 29.4 Å². The molecule has 1 aromatic rings. The number of hydrazone groups is 1. The van der Waals surface area contributed by atoms with Crippen LogP contribution >= 0.6 is 11.6 Å². The summed E-state index contributed by atoms with van der Waals surface area (Å²) in [5.74, 6) is 0.472. The Kier molecular flexibility index (Phi) is 4.12. The molecule has 0 unspecified atom stereocenters. The van der Waals surface area contributed by atoms with Crippen LogP contribution in [0.5, 0.6) is 5.75 Å². The maximum Gasteiger partial charge on any atom is 0.191 e. The predicted octanol–water partition coefficient (Wildman–Crippen LogP) is 2.25. The normalized spacial score (nSPS) is 11.0. The molecule has 1 rings (SSSR count). The Bertz CT molecular complexity index is 374. The SMILES string of the molecule is COc1ccc(N/N=C(\Cl)C(C)=O)cc1. The maximum absolute atomic E-state index is 10.7. The van der Waals surface area contributed by atoms with E-state index < -0.39 is 0 Å². The molecular weight excluding hydrogens is 216 g/mol. The number of rotatable bonds is 4. The van der Waals surface area contributed by atoms with Crippen molar-refractivity contribution in [2.75, 3.05) is 12.5 Å². The van der Waals surface area contributed by atoms with E-state index in [0.717, 1.165) is 11.4 Å². The molecule has 0 aliphatic heterocycles. The molecule has 15 heavy (non-hydrogen) atoms. The number of ketones is 1. The van der Waals surface area contributed by atoms with Gasteiger partial charge in [-0.3, -0.25) is 10.2 Å². The molecule has 1 aromatic carbocycles. The number of nitrogens with zero attached hydrogens (tertiary/aromatic N) is 1. The number of ether oxygens (including phenoxy) is 1. The van der Waals surface area contributed by atoms with E-state index in [2.05, 4.69) is 10.5 Å². The van der Waals surface area contributed by atoms with E-state index in [-0.39, 0.29) is 11.0 Å². The number of hydrogen-bond acceptors (Lipinski definition) is 4. The second-order valence-corrected chi connectivity index (χ2v) is 3.16. The van der Waals surface area contributed by atoms with Crippen molar-refractivity contribution in [1.82, 2.24) is 0 Å². The van der Waals surface area contributed by atoms with Gasteiger partial charge in [-0.2, -0.15) is 5.10 Å². The Labute approximate surface area is 92.9 Å². The summed E-state index contributed by atoms with van der Waals surface area (Å²) in [6, 6.07) is 7.10. The first kappa shape index (κ1) is 11.5. The summed E-state index contributed by atoms with van der Waals surface area (Å²) < 4.78 is 4.99. The Morgan fingerprint density at radius 3 is 2.47 bits per heavy atom. The lowest BCUT2D eigenvalue weighted by molar-refractivity contribution is -0.110. The van der Waals surface area contributed by atoms with Gasteiger partial charge in [0.05, 0.1) is 12.8 Å². The number of nitrogens with one attached hydrogen (secondary N) is 1. The molecule has 0 amide bonds. The van der Waals surface area contributed by atoms with Gasteiger partial charge in [0.1, 0.15) is 5.75 Å². The minimum Gasteiger partial charge on any atom is -0.497 e. The Balaban J connectivity index is 2.66. The second kappa shape index (κ2) is 5.36. The quantitative estimate of drug-likeness (QED) is 0.633. The predicted molar refractivity (Wildman–Crippen MR) is 60.6 cm³/mol. The monoisotopic (exact) mass is 226 g/mol. The molecule has 5 heteroatoms. The van der Waals surface area contributed by atoms with E-state index in [9.17, 15) is 4.79 Å². The van der Waals surface area contributed by atoms with Crippen LogP contribution in [0.25, 0.3) is 0 Å². The first-order valence-corrected chi connectivity index (χ1v) is 4.65. The fourth-order valence-corrected chi connectivity index (χ4v) is 0.900. The molecule has 0 spiro atoms. The van der Waals surface area contributed by atoms with Crippen molar-refractivity contribution in [3.05, 3.63) is 24.3 Å². The van der Waals surface area contributed by atoms with Crippen LogP contribution in [0.3, 0.4) is 0 Å². The highest BCUT2D eigenvalue weighted by atomic mass is 35.5. The molecule has 80 valence electrons. The summed E-state index contributed by atoms with van der Waals surface area (Å²) in [4.78, 5) is 10.7. The molecule has 0 fully saturated rings. The number of halogens is 1. The highest BCUT2D eigenvalue weighted by Gasteiger charge is 2.00. The van der Waals surface area contributed by atoms with E-state index in [4.69, 9.17) is 16.3 Å². The van der Waals surface area contributed by atoms with Crippen molar-refractivity contribution >= 4 is 28.2 Å². The summed E-state index contributed by atoms with van der Waals surface area (Å²) in [5, 5.41) is 3.61. The van der Waals surface area contributed by atoms with E-state index in [1.165, 1.54) is 6.92 Å². The molecule has 0 aliphatic carbocycles. The molecule has 0 atom stereocenters. The molecule has 0 bridgehead atoms. The zero-order chi connectivity index (χ0) is 11.3. The van der Waals surface area contributed by atoms with Crippen molar-refractivity contribution in [1.29, 1.82) is 0 Å². The first-order chi connectivity index (χ1) is 7.13. The van der Waals surface area contributed by atoms with E-state index in [1.807, 2.05) is 0 Å². The molecule has 0 saturated heterocycles. The highest BCUT2D eigenvalue weighted by Crippen LogP contribution is 2.14. The third-order valence-corrected chi connectivity index (χ3v) is 2.01. The van der Waals surface area contributed by atoms with Crippen LogP contribution in [-0.4, -0.2) is 18.1 Å². The number of carbonyl (C=O) groups is 1. The van der Waals surface area contributed by atoms with Gasteiger partial charge in [0.25, 0.3) is 0 Å². The molecule has 0 radical (unpaired) electrons. The van der Waals surface area contributed by atoms with Gasteiger partial charge < -0.3 is 4.74 Å². The van der Waals surface area contributed by atoms with Crippen molar-refractivity contribution < 1.29 is 9.53 Å². The molecule has 0 saturated carbocycles. The van der Waals surface area contributed by atoms with Crippen molar-refractivity contribution in [3.8, 4) is 5.75 Å². The number of benzene rings is 1. The summed E-state index contributed by atoms with van der Waals surface area (Å²) >= 11 is 5.54. The second-order valence-electron chi connectivity index (χ2n) is 2.80. The van der Waals surface area contributed by atoms with E-state index in [0.29, 0.717) is 0 Å². The van der Waals surface area contributed by atoms with Crippen molar-refractivity contribution in [2.45, 2.75) is 6.92 Å². The number of methoxy groups -OCH3 is 1. The van der Waals surface area contributed by atoms with Gasteiger partial charge in [-0.05, 0) is 24.3 Å². The third-order valence-electron chi connectivity index (χ3n) is 1.66. The fourth-order valence-electron chi connectivity index (χ4n) is 0.858. The van der Waals surface area contributed by atoms with Crippen molar-refractivity contribution in [3.63, 3.8) is 0 Å². The van der Waals surface area contributed by atoms with Crippen LogP contribution in [0.2, 0.25) is 0 Å². The average Bonchev–Trinajstić information content (AvgIpc) is 2.26. The maximum atomic E-state index is 10.7. The summed E-state index contributed by atoms with van der Waals surface area (Å²) in [7, 11) is 1.59. The molecule has 4 nitrogen and oxygen atoms in total. The number of Topliss-reactive ketones (excluding diaryl/α,β-unsaturated/α-hetero) is 1. The minimum atomic E-state index is -0.280. The van der Waals surface area contributed by atoms with Crippen LogP contribution < -0.4 is 10.2 Å². The molecular formula is C10H11ClN2O2. The molecule has 0 heterocycles.